The van der Waals surface area contributed by atoms with Crippen LogP contribution >= 0.6 is 9.19 Å². The molecule has 1 heterocycles. The van der Waals surface area contributed by atoms with Gasteiger partial charge in [-0.15, -0.1) is 5.41 Å². The van der Waals surface area contributed by atoms with Gasteiger partial charge in [0, 0.05) is 11.2 Å². The first-order valence-electron chi connectivity index (χ1n) is 10.6. The third-order valence-corrected chi connectivity index (χ3v) is 6.81. The summed E-state index contributed by atoms with van der Waals surface area (Å²) in [7, 11) is 4.58. The predicted octanol–water partition coefficient (Wildman–Crippen LogP) is 8.13. The molecule has 0 radical (unpaired) electrons. The van der Waals surface area contributed by atoms with Crippen LogP contribution in [0.5, 0.6) is 0 Å². The van der Waals surface area contributed by atoms with Crippen molar-refractivity contribution in [1.82, 2.24) is 0 Å². The van der Waals surface area contributed by atoms with Gasteiger partial charge in [0.25, 0.3) is 0 Å². The standard InChI is InChI=1S/C25H38N.Au.ClH/c1-17(2)21-10-9-11-22(18(3)4)23(21)26-16-25(15-24(26,7)8)13-12-19(5)14-20(25)6;;/h9-11,14,16-18,20H,12-13,15H2,1-8H3;;1H/q-1;+1;/p-1. The van der Waals surface area contributed by atoms with Crippen molar-refractivity contribution in [3.63, 3.8) is 0 Å². The first-order valence-corrected chi connectivity index (χ1v) is 13.3. The summed E-state index contributed by atoms with van der Waals surface area (Å²) in [6, 6.07) is 6.94. The number of halogens is 1. The Kier molecular flexibility index (Phi) is 7.99. The van der Waals surface area contributed by atoms with Crippen LogP contribution in [0.15, 0.2) is 29.8 Å². The second-order valence-corrected chi connectivity index (χ2v) is 10.1. The van der Waals surface area contributed by atoms with Gasteiger partial charge in [-0.3, -0.25) is 0 Å². The average molecular weight is 585 g/mol. The van der Waals surface area contributed by atoms with Gasteiger partial charge in [0.2, 0.25) is 0 Å². The second kappa shape index (κ2) is 9.29. The van der Waals surface area contributed by atoms with E-state index in [0.717, 1.165) is 0 Å². The number of allylic oxidation sites excluding steroid dienone is 2. The Morgan fingerprint density at radius 2 is 1.64 bits per heavy atom. The molecule has 1 aromatic rings. The molecule has 3 rings (SSSR count). The number of benzene rings is 1. The number of hydrogen-bond donors (Lipinski definition) is 0. The molecule has 28 heavy (non-hydrogen) atoms. The second-order valence-electron chi connectivity index (χ2n) is 10.1. The van der Waals surface area contributed by atoms with Crippen molar-refractivity contribution in [3.05, 3.63) is 47.5 Å². The van der Waals surface area contributed by atoms with E-state index >= 15 is 0 Å². The molecule has 0 N–H and O–H groups in total. The molecule has 0 aromatic heterocycles. The molecule has 0 amide bonds. The molecule has 1 aliphatic carbocycles. The fourth-order valence-corrected chi connectivity index (χ4v) is 5.29. The summed E-state index contributed by atoms with van der Waals surface area (Å²) in [6.45, 7) is 21.6. The third kappa shape index (κ3) is 4.59. The number of rotatable bonds is 3. The molecule has 1 aromatic carbocycles. The van der Waals surface area contributed by atoms with E-state index in [4.69, 9.17) is 0 Å². The molecule has 3 heteroatoms. The summed E-state index contributed by atoms with van der Waals surface area (Å²) in [5.41, 5.74) is 6.50. The van der Waals surface area contributed by atoms with Crippen molar-refractivity contribution in [2.45, 2.75) is 92.0 Å². The topological polar surface area (TPSA) is 3.24 Å². The molecule has 1 aliphatic heterocycles. The van der Waals surface area contributed by atoms with Crippen LogP contribution < -0.4 is 4.90 Å². The van der Waals surface area contributed by atoms with Gasteiger partial charge in [-0.2, -0.15) is 0 Å². The normalized spacial score (nSPS) is 26.5. The van der Waals surface area contributed by atoms with E-state index in [2.05, 4.69) is 100 Å². The van der Waals surface area contributed by atoms with Crippen molar-refractivity contribution in [2.24, 2.45) is 11.3 Å². The zero-order chi connectivity index (χ0) is 21.3. The van der Waals surface area contributed by atoms with Crippen LogP contribution in [0.1, 0.15) is 97.6 Å². The van der Waals surface area contributed by atoms with E-state index in [-0.39, 0.29) is 5.54 Å². The van der Waals surface area contributed by atoms with Crippen molar-refractivity contribution < 1.29 is 20.0 Å². The maximum absolute atomic E-state index is 4.58. The molecule has 2 atom stereocenters. The fraction of sp³-hybridized carbons (Fsp3) is 0.640. The minimum absolute atomic E-state index is 0.155. The van der Waals surface area contributed by atoms with Crippen molar-refractivity contribution in [3.8, 4) is 0 Å². The van der Waals surface area contributed by atoms with Gasteiger partial charge in [-0.05, 0) is 56.1 Å². The summed E-state index contributed by atoms with van der Waals surface area (Å²) >= 11 is 1.75. The van der Waals surface area contributed by atoms with Gasteiger partial charge in [0.15, 0.2) is 0 Å². The molecule has 2 unspecified atom stereocenters. The molecule has 1 nitrogen and oxygen atoms in total. The van der Waals surface area contributed by atoms with E-state index in [1.807, 2.05) is 0 Å². The summed E-state index contributed by atoms with van der Waals surface area (Å²) in [5.74, 6) is 1.69. The Morgan fingerprint density at radius 3 is 2.11 bits per heavy atom. The number of anilines is 1. The summed E-state index contributed by atoms with van der Waals surface area (Å²) in [5, 5.41) is 0. The van der Waals surface area contributed by atoms with E-state index in [1.165, 1.54) is 36.1 Å². The molecule has 1 spiro atoms. The Bertz CT molecular complexity index is 680. The number of nitrogens with zero attached hydrogens (tertiary/aromatic N) is 1. The SMILES string of the molecule is CC1=CC(C)C2([CH-]N(c3c(C(C)C)cccc3C(C)C)C(C)(C)C2)CC1.[Cl][Au]. The van der Waals surface area contributed by atoms with E-state index in [1.54, 1.807) is 25.6 Å². The van der Waals surface area contributed by atoms with Crippen molar-refractivity contribution in [2.75, 3.05) is 4.90 Å². The maximum atomic E-state index is 4.58. The first kappa shape index (κ1) is 24.1. The molecular weight excluding hydrogens is 547 g/mol. The third-order valence-electron chi connectivity index (χ3n) is 6.81. The Morgan fingerprint density at radius 1 is 1.11 bits per heavy atom. The molecule has 1 saturated heterocycles. The van der Waals surface area contributed by atoms with Crippen LogP contribution in [0.3, 0.4) is 0 Å². The zero-order valence-electron chi connectivity index (χ0n) is 18.9. The van der Waals surface area contributed by atoms with Gasteiger partial charge in [-0.25, -0.2) is 6.54 Å². The monoisotopic (exact) mass is 584 g/mol. The average Bonchev–Trinajstić information content (AvgIpc) is 2.91. The van der Waals surface area contributed by atoms with Crippen LogP contribution in [0.4, 0.5) is 5.69 Å². The zero-order valence-corrected chi connectivity index (χ0v) is 21.8. The van der Waals surface area contributed by atoms with Gasteiger partial charge >= 0.3 is 29.2 Å². The van der Waals surface area contributed by atoms with Crippen LogP contribution in [-0.2, 0) is 20.0 Å². The van der Waals surface area contributed by atoms with Crippen LogP contribution in [-0.4, -0.2) is 5.54 Å². The number of hydrogen-bond acceptors (Lipinski definition) is 1. The molecule has 0 saturated carbocycles. The Balaban J connectivity index is 0.00000136. The van der Waals surface area contributed by atoms with Crippen molar-refractivity contribution >= 4 is 14.9 Å². The van der Waals surface area contributed by atoms with Crippen LogP contribution in [0.2, 0.25) is 0 Å². The predicted molar refractivity (Wildman–Crippen MR) is 121 cm³/mol. The Labute approximate surface area is 190 Å². The summed E-state index contributed by atoms with van der Waals surface area (Å²) < 4.78 is 0. The van der Waals surface area contributed by atoms with E-state index in [0.29, 0.717) is 23.2 Å². The quantitative estimate of drug-likeness (QED) is 0.197. The summed E-state index contributed by atoms with van der Waals surface area (Å²) in [4.78, 5) is 2.67. The molecule has 1 fully saturated rings. The van der Waals surface area contributed by atoms with Gasteiger partial charge in [-0.1, -0.05) is 77.3 Å². The van der Waals surface area contributed by atoms with Gasteiger partial charge in [0.05, 0.1) is 0 Å². The van der Waals surface area contributed by atoms with E-state index < -0.39 is 0 Å². The van der Waals surface area contributed by atoms with Crippen LogP contribution in [0.25, 0.3) is 0 Å². The van der Waals surface area contributed by atoms with Crippen LogP contribution in [0, 0.1) is 17.9 Å². The van der Waals surface area contributed by atoms with E-state index in [9.17, 15) is 0 Å². The summed E-state index contributed by atoms with van der Waals surface area (Å²) in [6.07, 6.45) is 6.30. The minimum atomic E-state index is 0.155. The van der Waals surface area contributed by atoms with Gasteiger partial charge < -0.3 is 4.90 Å². The number of para-hydroxylation sites is 1. The molecule has 0 bridgehead atoms. The van der Waals surface area contributed by atoms with Crippen molar-refractivity contribution in [1.29, 1.82) is 0 Å². The molecule has 162 valence electrons. The van der Waals surface area contributed by atoms with Gasteiger partial charge in [0.1, 0.15) is 0 Å². The molecule has 2 aliphatic rings. The molecular formula is C25H38AuClN-. The Hall–Kier alpha value is -0.210. The fourth-order valence-electron chi connectivity index (χ4n) is 5.29. The first-order chi connectivity index (χ1) is 13.1.